The van der Waals surface area contributed by atoms with E-state index in [1.54, 1.807) is 54.6 Å². The van der Waals surface area contributed by atoms with Gasteiger partial charge < -0.3 is 29.6 Å². The molecule has 4 aromatic rings. The minimum absolute atomic E-state index is 0.0167. The first-order valence-corrected chi connectivity index (χ1v) is 15.4. The van der Waals surface area contributed by atoms with Crippen LogP contribution in [0.2, 0.25) is 5.02 Å². The van der Waals surface area contributed by atoms with Gasteiger partial charge in [0.25, 0.3) is 11.8 Å². The van der Waals surface area contributed by atoms with Crippen LogP contribution in [0, 0.1) is 16.7 Å². The number of carboxylic acid groups (broad SMARTS) is 1. The standard InChI is InChI=1S/C35H34ClN5O7/c1-34(2,3)35(13-7-14-41(35)33(44)45)32(43)38-23-9-5-8-21(16-23)25-18-27(24-12-11-22(36)17-29(24)48-20-46-4)39-30(26(25)19-37)40-31(42)28-10-6-15-47-28/h5-6,8-12,15-18H,7,13-14,20H2,1-4H3,(H,38,43)(H,44,45)(H,39,40,42)/t35-/m0/s1. The summed E-state index contributed by atoms with van der Waals surface area (Å²) < 4.78 is 16.1. The number of halogens is 1. The number of amides is 3. The molecule has 1 fully saturated rings. The van der Waals surface area contributed by atoms with E-state index in [-0.39, 0.29) is 30.5 Å². The van der Waals surface area contributed by atoms with E-state index in [9.17, 15) is 24.8 Å². The Balaban J connectivity index is 1.62. The number of carbonyl (C=O) groups is 3. The van der Waals surface area contributed by atoms with Crippen LogP contribution in [-0.2, 0) is 9.53 Å². The molecule has 0 spiro atoms. The van der Waals surface area contributed by atoms with Crippen molar-refractivity contribution >= 4 is 41.0 Å². The van der Waals surface area contributed by atoms with Crippen molar-refractivity contribution in [2.75, 3.05) is 31.1 Å². The van der Waals surface area contributed by atoms with Crippen molar-refractivity contribution in [3.63, 3.8) is 0 Å². The molecule has 5 rings (SSSR count). The number of hydrogen-bond donors (Lipinski definition) is 3. The van der Waals surface area contributed by atoms with E-state index in [0.29, 0.717) is 51.7 Å². The van der Waals surface area contributed by atoms with E-state index < -0.39 is 28.9 Å². The maximum Gasteiger partial charge on any atom is 0.408 e. The number of aromatic nitrogens is 1. The van der Waals surface area contributed by atoms with Gasteiger partial charge in [0.1, 0.15) is 22.9 Å². The molecule has 48 heavy (non-hydrogen) atoms. The second-order valence-electron chi connectivity index (χ2n) is 12.2. The van der Waals surface area contributed by atoms with E-state index in [0.717, 1.165) is 0 Å². The van der Waals surface area contributed by atoms with Crippen molar-refractivity contribution < 1.29 is 33.4 Å². The number of pyridine rings is 1. The summed E-state index contributed by atoms with van der Waals surface area (Å²) in [5, 5.41) is 26.4. The van der Waals surface area contributed by atoms with Crippen molar-refractivity contribution in [1.29, 1.82) is 5.26 Å². The van der Waals surface area contributed by atoms with Gasteiger partial charge in [-0.2, -0.15) is 5.26 Å². The molecule has 2 aromatic heterocycles. The number of nitrogens with zero attached hydrogens (tertiary/aromatic N) is 3. The molecule has 1 atom stereocenters. The van der Waals surface area contributed by atoms with Crippen LogP contribution in [0.5, 0.6) is 5.75 Å². The van der Waals surface area contributed by atoms with Crippen molar-refractivity contribution in [3.8, 4) is 34.2 Å². The first-order chi connectivity index (χ1) is 22.9. The highest BCUT2D eigenvalue weighted by Gasteiger charge is 2.57. The molecule has 2 aromatic carbocycles. The Labute approximate surface area is 282 Å². The first-order valence-electron chi connectivity index (χ1n) is 15.0. The van der Waals surface area contributed by atoms with Gasteiger partial charge in [0.15, 0.2) is 18.4 Å². The van der Waals surface area contributed by atoms with Gasteiger partial charge in [0, 0.05) is 35.5 Å². The third-order valence-corrected chi connectivity index (χ3v) is 8.55. The summed E-state index contributed by atoms with van der Waals surface area (Å²) in [4.78, 5) is 45.1. The molecule has 13 heteroatoms. The van der Waals surface area contributed by atoms with Gasteiger partial charge in [-0.25, -0.2) is 9.78 Å². The monoisotopic (exact) mass is 671 g/mol. The van der Waals surface area contributed by atoms with Crippen LogP contribution in [0.4, 0.5) is 16.3 Å². The Morgan fingerprint density at radius 2 is 1.90 bits per heavy atom. The average molecular weight is 672 g/mol. The Hall–Kier alpha value is -5.38. The highest BCUT2D eigenvalue weighted by molar-refractivity contribution is 6.30. The number of furan rings is 1. The molecule has 0 saturated carbocycles. The fourth-order valence-corrected chi connectivity index (χ4v) is 6.24. The Bertz CT molecular complexity index is 1900. The second-order valence-corrected chi connectivity index (χ2v) is 12.6. The summed E-state index contributed by atoms with van der Waals surface area (Å²) in [5.41, 5.74) is 0.174. The van der Waals surface area contributed by atoms with Gasteiger partial charge in [0.05, 0.1) is 12.0 Å². The Kier molecular flexibility index (Phi) is 9.74. The van der Waals surface area contributed by atoms with E-state index in [1.165, 1.54) is 24.3 Å². The summed E-state index contributed by atoms with van der Waals surface area (Å²) in [6.07, 6.45) is 1.12. The molecular weight excluding hydrogens is 638 g/mol. The molecule has 1 aliphatic rings. The fourth-order valence-electron chi connectivity index (χ4n) is 6.07. The van der Waals surface area contributed by atoms with Gasteiger partial charge in [-0.1, -0.05) is 44.5 Å². The van der Waals surface area contributed by atoms with Gasteiger partial charge in [-0.3, -0.25) is 14.5 Å². The minimum atomic E-state index is -1.30. The topological polar surface area (TPSA) is 167 Å². The van der Waals surface area contributed by atoms with Crippen molar-refractivity contribution in [2.24, 2.45) is 5.41 Å². The van der Waals surface area contributed by atoms with Crippen LogP contribution in [0.25, 0.3) is 22.4 Å². The zero-order valence-electron chi connectivity index (χ0n) is 26.8. The summed E-state index contributed by atoms with van der Waals surface area (Å²) in [6, 6.07) is 18.6. The number of carbonyl (C=O) groups excluding carboxylic acids is 2. The SMILES string of the molecule is COCOc1cc(Cl)ccc1-c1cc(-c2cccc(NC(=O)[C@]3(C(C)(C)C)CCCN3C(=O)O)c2)c(C#N)c(NC(=O)c2ccco2)n1. The third-order valence-electron chi connectivity index (χ3n) is 8.32. The van der Waals surface area contributed by atoms with E-state index in [4.69, 9.17) is 25.5 Å². The number of benzene rings is 2. The highest BCUT2D eigenvalue weighted by atomic mass is 35.5. The number of nitriles is 1. The summed E-state index contributed by atoms with van der Waals surface area (Å²) in [7, 11) is 1.48. The lowest BCUT2D eigenvalue weighted by Gasteiger charge is -2.45. The molecular formula is C35H34ClN5O7. The van der Waals surface area contributed by atoms with E-state index in [2.05, 4.69) is 21.7 Å². The summed E-state index contributed by atoms with van der Waals surface area (Å²) in [5.74, 6) is -0.738. The molecule has 0 aliphatic carbocycles. The molecule has 0 bridgehead atoms. The number of ether oxygens (including phenoxy) is 2. The smallest absolute Gasteiger partial charge is 0.408 e. The zero-order valence-corrected chi connectivity index (χ0v) is 27.6. The van der Waals surface area contributed by atoms with Gasteiger partial charge in [-0.15, -0.1) is 0 Å². The zero-order chi connectivity index (χ0) is 34.6. The van der Waals surface area contributed by atoms with Crippen LogP contribution >= 0.6 is 11.6 Å². The minimum Gasteiger partial charge on any atom is -0.467 e. The fraction of sp³-hybridized carbons (Fsp3) is 0.286. The maximum atomic E-state index is 14.0. The van der Waals surface area contributed by atoms with Gasteiger partial charge >= 0.3 is 6.09 Å². The number of rotatable bonds is 9. The number of hydrogen-bond acceptors (Lipinski definition) is 8. The normalized spacial score (nSPS) is 15.9. The van der Waals surface area contributed by atoms with Crippen LogP contribution in [0.3, 0.4) is 0 Å². The number of likely N-dealkylation sites (tertiary alicyclic amines) is 1. The molecule has 12 nitrogen and oxygen atoms in total. The van der Waals surface area contributed by atoms with E-state index >= 15 is 0 Å². The largest absolute Gasteiger partial charge is 0.467 e. The Morgan fingerprint density at radius 3 is 2.56 bits per heavy atom. The number of nitrogens with one attached hydrogen (secondary N) is 2. The van der Waals surface area contributed by atoms with Crippen molar-refractivity contribution in [2.45, 2.75) is 39.2 Å². The summed E-state index contributed by atoms with van der Waals surface area (Å²) >= 11 is 6.26. The third kappa shape index (κ3) is 6.56. The van der Waals surface area contributed by atoms with Crippen LogP contribution in [-0.4, -0.2) is 58.9 Å². The van der Waals surface area contributed by atoms with Crippen molar-refractivity contribution in [3.05, 3.63) is 83.3 Å². The lowest BCUT2D eigenvalue weighted by atomic mass is 9.71. The average Bonchev–Trinajstić information content (AvgIpc) is 3.75. The molecule has 3 heterocycles. The second kappa shape index (κ2) is 13.8. The first kappa shape index (κ1) is 34.0. The number of methoxy groups -OCH3 is 1. The summed E-state index contributed by atoms with van der Waals surface area (Å²) in [6.45, 7) is 5.72. The van der Waals surface area contributed by atoms with Crippen molar-refractivity contribution in [1.82, 2.24) is 9.88 Å². The predicted octanol–water partition coefficient (Wildman–Crippen LogP) is 7.27. The molecule has 1 saturated heterocycles. The van der Waals surface area contributed by atoms with E-state index in [1.807, 2.05) is 20.8 Å². The van der Waals surface area contributed by atoms with Crippen LogP contribution in [0.15, 0.2) is 71.3 Å². The Morgan fingerprint density at radius 1 is 1.10 bits per heavy atom. The molecule has 1 aliphatic heterocycles. The molecule has 3 N–H and O–H groups in total. The molecule has 0 unspecified atom stereocenters. The lowest BCUT2D eigenvalue weighted by molar-refractivity contribution is -0.131. The van der Waals surface area contributed by atoms with Crippen LogP contribution < -0.4 is 15.4 Å². The molecule has 248 valence electrons. The van der Waals surface area contributed by atoms with Gasteiger partial charge in [-0.05, 0) is 72.4 Å². The number of anilines is 2. The highest BCUT2D eigenvalue weighted by Crippen LogP contribution is 2.45. The predicted molar refractivity (Wildman–Crippen MR) is 179 cm³/mol. The molecule has 3 amide bonds. The van der Waals surface area contributed by atoms with Gasteiger partial charge in [0.2, 0.25) is 0 Å². The molecule has 0 radical (unpaired) electrons. The lowest BCUT2D eigenvalue weighted by Crippen LogP contribution is -2.62. The maximum absolute atomic E-state index is 14.0. The van der Waals surface area contributed by atoms with Crippen LogP contribution in [0.1, 0.15) is 49.7 Å². The quantitative estimate of drug-likeness (QED) is 0.155.